The number of fused-ring (bicyclic) bond motifs is 3. The lowest BCUT2D eigenvalue weighted by Gasteiger charge is -2.51. The number of aliphatic carboxylic acids is 1. The van der Waals surface area contributed by atoms with Crippen LogP contribution >= 0.6 is 11.6 Å². The molecule has 2 saturated heterocycles. The summed E-state index contributed by atoms with van der Waals surface area (Å²) in [6.07, 6.45) is 9.89. The molecular formula is C28H36ClNO3. The second-order valence-corrected chi connectivity index (χ2v) is 11.1. The largest absolute Gasteiger partial charge is 0.489 e. The zero-order chi connectivity index (χ0) is 23.1. The molecule has 5 heteroatoms. The minimum Gasteiger partial charge on any atom is -0.489 e. The molecule has 3 fully saturated rings. The minimum absolute atomic E-state index is 0.190. The number of carboxylic acid groups (broad SMARTS) is 1. The fourth-order valence-corrected chi connectivity index (χ4v) is 6.87. The van der Waals surface area contributed by atoms with E-state index < -0.39 is 5.97 Å². The fraction of sp³-hybridized carbons (Fsp3) is 0.607. The second kappa shape index (κ2) is 9.46. The molecule has 2 unspecified atom stereocenters. The number of benzene rings is 2. The maximum Gasteiger partial charge on any atom is 0.306 e. The number of carboxylic acids is 1. The van der Waals surface area contributed by atoms with E-state index in [4.69, 9.17) is 16.3 Å². The highest BCUT2D eigenvalue weighted by Gasteiger charge is 2.42. The van der Waals surface area contributed by atoms with Crippen LogP contribution in [0, 0.1) is 11.8 Å². The Morgan fingerprint density at radius 3 is 2.42 bits per heavy atom. The van der Waals surface area contributed by atoms with Crippen LogP contribution in [-0.4, -0.2) is 34.2 Å². The van der Waals surface area contributed by atoms with Gasteiger partial charge in [0.15, 0.2) is 0 Å². The van der Waals surface area contributed by atoms with Gasteiger partial charge < -0.3 is 9.84 Å². The van der Waals surface area contributed by atoms with Crippen LogP contribution in [-0.2, 0) is 4.79 Å². The Hall–Kier alpha value is -1.78. The molecule has 0 aromatic heterocycles. The summed E-state index contributed by atoms with van der Waals surface area (Å²) in [6, 6.07) is 11.8. The van der Waals surface area contributed by atoms with Crippen molar-refractivity contribution in [2.45, 2.75) is 95.9 Å². The van der Waals surface area contributed by atoms with Crippen molar-refractivity contribution in [2.24, 2.45) is 11.8 Å². The number of hydrogen-bond donors (Lipinski definition) is 1. The van der Waals surface area contributed by atoms with Gasteiger partial charge in [-0.1, -0.05) is 43.1 Å². The normalized spacial score (nSPS) is 31.3. The van der Waals surface area contributed by atoms with Gasteiger partial charge in [0, 0.05) is 23.5 Å². The van der Waals surface area contributed by atoms with Crippen LogP contribution in [0.4, 0.5) is 0 Å². The summed E-state index contributed by atoms with van der Waals surface area (Å²) in [7, 11) is 0. The minimum atomic E-state index is -0.625. The van der Waals surface area contributed by atoms with E-state index in [9.17, 15) is 9.90 Å². The molecule has 1 N–H and O–H groups in total. The van der Waals surface area contributed by atoms with Gasteiger partial charge in [0.2, 0.25) is 0 Å². The third kappa shape index (κ3) is 4.61. The van der Waals surface area contributed by atoms with Crippen molar-refractivity contribution in [1.29, 1.82) is 0 Å². The molecule has 5 rings (SSSR count). The van der Waals surface area contributed by atoms with Crippen LogP contribution in [0.2, 0.25) is 5.02 Å². The van der Waals surface area contributed by atoms with E-state index in [1.807, 2.05) is 6.07 Å². The summed E-state index contributed by atoms with van der Waals surface area (Å²) in [5, 5.41) is 12.5. The SMILES string of the molecule is CC1CCC(Oc2ccc3cc([C@@H](C)N4C5CCCC4CC(C(=O)O)C5)ccc3c2Cl)CC1. The maximum absolute atomic E-state index is 11.6. The zero-order valence-electron chi connectivity index (χ0n) is 19.8. The van der Waals surface area contributed by atoms with Gasteiger partial charge in [0.05, 0.1) is 17.0 Å². The van der Waals surface area contributed by atoms with Crippen molar-refractivity contribution in [3.63, 3.8) is 0 Å². The Labute approximate surface area is 202 Å². The first-order valence-corrected chi connectivity index (χ1v) is 13.2. The molecule has 2 aromatic carbocycles. The first-order valence-electron chi connectivity index (χ1n) is 12.8. The summed E-state index contributed by atoms with van der Waals surface area (Å²) >= 11 is 6.80. The number of nitrogens with zero attached hydrogens (tertiary/aromatic N) is 1. The third-order valence-corrected chi connectivity index (χ3v) is 8.90. The Morgan fingerprint density at radius 2 is 1.76 bits per heavy atom. The van der Waals surface area contributed by atoms with Gasteiger partial charge in [-0.3, -0.25) is 9.69 Å². The Bertz CT molecular complexity index is 1000. The predicted octanol–water partition coefficient (Wildman–Crippen LogP) is 7.23. The lowest BCUT2D eigenvalue weighted by molar-refractivity contribution is -0.147. The average Bonchev–Trinajstić information content (AvgIpc) is 2.80. The van der Waals surface area contributed by atoms with Crippen molar-refractivity contribution in [3.05, 3.63) is 40.9 Å². The van der Waals surface area contributed by atoms with Crippen molar-refractivity contribution >= 4 is 28.3 Å². The lowest BCUT2D eigenvalue weighted by atomic mass is 9.77. The monoisotopic (exact) mass is 469 g/mol. The molecule has 3 atom stereocenters. The van der Waals surface area contributed by atoms with Crippen LogP contribution in [0.3, 0.4) is 0 Å². The van der Waals surface area contributed by atoms with Crippen molar-refractivity contribution in [1.82, 2.24) is 4.90 Å². The van der Waals surface area contributed by atoms with Crippen LogP contribution < -0.4 is 4.74 Å². The van der Waals surface area contributed by atoms with E-state index in [2.05, 4.69) is 43.0 Å². The fourth-order valence-electron chi connectivity index (χ4n) is 6.59. The summed E-state index contributed by atoms with van der Waals surface area (Å²) in [6.45, 7) is 4.59. The molecule has 2 aliphatic heterocycles. The number of ether oxygens (including phenoxy) is 1. The first-order chi connectivity index (χ1) is 15.9. The van der Waals surface area contributed by atoms with Crippen LogP contribution in [0.1, 0.15) is 83.2 Å². The number of piperidine rings is 2. The van der Waals surface area contributed by atoms with E-state index in [0.29, 0.717) is 17.1 Å². The molecule has 33 heavy (non-hydrogen) atoms. The highest BCUT2D eigenvalue weighted by atomic mass is 35.5. The smallest absolute Gasteiger partial charge is 0.306 e. The number of halogens is 1. The van der Waals surface area contributed by atoms with E-state index in [1.165, 1.54) is 24.8 Å². The predicted molar refractivity (Wildman–Crippen MR) is 133 cm³/mol. The number of hydrogen-bond acceptors (Lipinski definition) is 3. The van der Waals surface area contributed by atoms with E-state index in [0.717, 1.165) is 61.0 Å². The van der Waals surface area contributed by atoms with E-state index >= 15 is 0 Å². The maximum atomic E-state index is 11.6. The van der Waals surface area contributed by atoms with Gasteiger partial charge in [0.1, 0.15) is 5.75 Å². The summed E-state index contributed by atoms with van der Waals surface area (Å²) in [5.41, 5.74) is 1.28. The van der Waals surface area contributed by atoms with Crippen LogP contribution in [0.15, 0.2) is 30.3 Å². The molecule has 0 amide bonds. The Kier molecular flexibility index (Phi) is 6.59. The molecule has 2 bridgehead atoms. The van der Waals surface area contributed by atoms with Crippen molar-refractivity contribution in [3.8, 4) is 5.75 Å². The highest BCUT2D eigenvalue weighted by Crippen LogP contribution is 2.43. The van der Waals surface area contributed by atoms with Gasteiger partial charge in [-0.25, -0.2) is 0 Å². The summed E-state index contributed by atoms with van der Waals surface area (Å²) < 4.78 is 6.31. The summed E-state index contributed by atoms with van der Waals surface area (Å²) in [5.74, 6) is 0.784. The lowest BCUT2D eigenvalue weighted by Crippen LogP contribution is -2.53. The van der Waals surface area contributed by atoms with Gasteiger partial charge in [0.25, 0.3) is 0 Å². The molecule has 2 heterocycles. The molecule has 2 aromatic rings. The molecule has 1 saturated carbocycles. The van der Waals surface area contributed by atoms with Crippen LogP contribution in [0.5, 0.6) is 5.75 Å². The average molecular weight is 470 g/mol. The number of rotatable bonds is 5. The topological polar surface area (TPSA) is 49.8 Å². The van der Waals surface area contributed by atoms with Gasteiger partial charge in [-0.15, -0.1) is 0 Å². The van der Waals surface area contributed by atoms with Crippen molar-refractivity contribution < 1.29 is 14.6 Å². The molecule has 0 radical (unpaired) electrons. The van der Waals surface area contributed by atoms with E-state index in [1.54, 1.807) is 0 Å². The number of carbonyl (C=O) groups is 1. The van der Waals surface area contributed by atoms with Crippen molar-refractivity contribution in [2.75, 3.05) is 0 Å². The van der Waals surface area contributed by atoms with Gasteiger partial charge >= 0.3 is 5.97 Å². The quantitative estimate of drug-likeness (QED) is 0.501. The second-order valence-electron chi connectivity index (χ2n) is 10.7. The molecular weight excluding hydrogens is 434 g/mol. The molecule has 3 aliphatic rings. The Balaban J connectivity index is 1.35. The van der Waals surface area contributed by atoms with Gasteiger partial charge in [-0.2, -0.15) is 0 Å². The summed E-state index contributed by atoms with van der Waals surface area (Å²) in [4.78, 5) is 14.2. The van der Waals surface area contributed by atoms with Gasteiger partial charge in [-0.05, 0) is 87.3 Å². The molecule has 178 valence electrons. The molecule has 0 spiro atoms. The standard InChI is InChI=1S/C28H36ClNO3/c1-17-6-10-24(11-7-17)33-26-13-9-20-14-19(8-12-25(20)27(26)29)18(2)30-22-4-3-5-23(30)16-21(15-22)28(31)32/h8-9,12-14,17-18,21-24H,3-7,10-11,15-16H2,1-2H3,(H,31,32)/t17?,18-,21?,22?,23?,24?/m1/s1. The van der Waals surface area contributed by atoms with Crippen LogP contribution in [0.25, 0.3) is 10.8 Å². The highest BCUT2D eigenvalue weighted by molar-refractivity contribution is 6.37. The van der Waals surface area contributed by atoms with E-state index in [-0.39, 0.29) is 18.1 Å². The molecule has 1 aliphatic carbocycles. The third-order valence-electron chi connectivity index (χ3n) is 8.51. The Morgan fingerprint density at radius 1 is 1.06 bits per heavy atom. The first kappa shape index (κ1) is 23.0. The molecule has 4 nitrogen and oxygen atoms in total. The zero-order valence-corrected chi connectivity index (χ0v) is 20.6.